The Labute approximate surface area is 165 Å². The van der Waals surface area contributed by atoms with E-state index < -0.39 is 35.4 Å². The second kappa shape index (κ2) is 8.21. The molecule has 6 nitrogen and oxygen atoms in total. The number of halogens is 3. The highest BCUT2D eigenvalue weighted by atomic mass is 19.4. The fraction of sp³-hybridized carbons (Fsp3) is 0.250. The molecule has 1 N–H and O–H groups in total. The molecule has 0 aliphatic carbocycles. The van der Waals surface area contributed by atoms with Gasteiger partial charge < -0.3 is 14.7 Å². The van der Waals surface area contributed by atoms with Crippen molar-refractivity contribution in [3.8, 4) is 17.9 Å². The summed E-state index contributed by atoms with van der Waals surface area (Å²) in [7, 11) is 1.21. The Balaban J connectivity index is 2.19. The third-order valence-electron chi connectivity index (χ3n) is 4.08. The van der Waals surface area contributed by atoms with Gasteiger partial charge in [0.15, 0.2) is 5.60 Å². The average molecular weight is 403 g/mol. The lowest BCUT2D eigenvalue weighted by atomic mass is 10.0. The summed E-state index contributed by atoms with van der Waals surface area (Å²) < 4.78 is 44.8. The molecule has 0 aliphatic heterocycles. The van der Waals surface area contributed by atoms with Gasteiger partial charge in [-0.05, 0) is 49.4 Å². The fourth-order valence-corrected chi connectivity index (χ4v) is 2.46. The van der Waals surface area contributed by atoms with Crippen molar-refractivity contribution in [1.29, 1.82) is 10.5 Å². The first-order valence-electron chi connectivity index (χ1n) is 8.24. The number of ether oxygens (including phenoxy) is 1. The summed E-state index contributed by atoms with van der Waals surface area (Å²) in [5.74, 6) is -0.596. The molecule has 0 heterocycles. The van der Waals surface area contributed by atoms with Crippen LogP contribution in [0.3, 0.4) is 0 Å². The quantitative estimate of drug-likeness (QED) is 0.827. The Bertz CT molecular complexity index is 987. The molecule has 2 rings (SSSR count). The number of likely N-dealkylation sites (N-methyl/N-ethyl adjacent to an activating group) is 1. The van der Waals surface area contributed by atoms with Gasteiger partial charge in [0.2, 0.25) is 0 Å². The molecule has 0 aliphatic rings. The summed E-state index contributed by atoms with van der Waals surface area (Å²) in [5, 5.41) is 28.1. The van der Waals surface area contributed by atoms with E-state index in [1.807, 2.05) is 6.07 Å². The molecule has 2 aromatic carbocycles. The minimum atomic E-state index is -4.77. The van der Waals surface area contributed by atoms with E-state index in [1.54, 1.807) is 0 Å². The van der Waals surface area contributed by atoms with Crippen LogP contribution in [0.2, 0.25) is 0 Å². The summed E-state index contributed by atoms with van der Waals surface area (Å²) in [6.07, 6.45) is -4.77. The standard InChI is InChI=1S/C20H16F3N3O3/c1-19(28,12-29-16-7-3-13(10-24)4-8-16)18(27)26(2)15-6-5-14(11-25)17(9-15)20(21,22)23/h3-9,28H,12H2,1-2H3/t19-/m0/s1. The first kappa shape index (κ1) is 21.7. The van der Waals surface area contributed by atoms with E-state index in [0.717, 1.165) is 11.0 Å². The molecular formula is C20H16F3N3O3. The van der Waals surface area contributed by atoms with Gasteiger partial charge in [-0.2, -0.15) is 23.7 Å². The van der Waals surface area contributed by atoms with Gasteiger partial charge >= 0.3 is 6.18 Å². The molecule has 1 amide bonds. The maximum atomic E-state index is 13.1. The van der Waals surface area contributed by atoms with Crippen molar-refractivity contribution in [2.75, 3.05) is 18.6 Å². The molecule has 0 radical (unpaired) electrons. The van der Waals surface area contributed by atoms with Crippen LogP contribution in [-0.4, -0.2) is 30.3 Å². The number of carbonyl (C=O) groups is 1. The van der Waals surface area contributed by atoms with Gasteiger partial charge in [-0.25, -0.2) is 0 Å². The Hall–Kier alpha value is -3.56. The van der Waals surface area contributed by atoms with Crippen LogP contribution in [0.25, 0.3) is 0 Å². The highest BCUT2D eigenvalue weighted by molar-refractivity contribution is 5.98. The van der Waals surface area contributed by atoms with Gasteiger partial charge in [0, 0.05) is 12.7 Å². The fourth-order valence-electron chi connectivity index (χ4n) is 2.46. The first-order chi connectivity index (χ1) is 13.5. The van der Waals surface area contributed by atoms with Crippen LogP contribution in [0.1, 0.15) is 23.6 Å². The Morgan fingerprint density at radius 2 is 1.76 bits per heavy atom. The lowest BCUT2D eigenvalue weighted by molar-refractivity contribution is -0.139. The number of amides is 1. The van der Waals surface area contributed by atoms with E-state index in [9.17, 15) is 23.1 Å². The van der Waals surface area contributed by atoms with Crippen LogP contribution < -0.4 is 9.64 Å². The molecule has 0 saturated carbocycles. The van der Waals surface area contributed by atoms with Crippen molar-refractivity contribution in [2.24, 2.45) is 0 Å². The zero-order chi connectivity index (χ0) is 21.8. The molecule has 0 aromatic heterocycles. The molecule has 150 valence electrons. The summed E-state index contributed by atoms with van der Waals surface area (Å²) >= 11 is 0. The number of benzene rings is 2. The van der Waals surface area contributed by atoms with Gasteiger partial charge in [0.05, 0.1) is 28.8 Å². The Morgan fingerprint density at radius 1 is 1.14 bits per heavy atom. The topological polar surface area (TPSA) is 97.3 Å². The zero-order valence-corrected chi connectivity index (χ0v) is 15.5. The molecule has 1 atom stereocenters. The predicted octanol–water partition coefficient (Wildman–Crippen LogP) is 3.24. The maximum absolute atomic E-state index is 13.1. The monoisotopic (exact) mass is 403 g/mol. The van der Waals surface area contributed by atoms with Crippen molar-refractivity contribution < 1.29 is 27.8 Å². The molecule has 0 saturated heterocycles. The molecule has 2 aromatic rings. The number of carbonyl (C=O) groups excluding carboxylic acids is 1. The number of hydrogen-bond donors (Lipinski definition) is 1. The van der Waals surface area contributed by atoms with Crippen LogP contribution in [-0.2, 0) is 11.0 Å². The summed E-state index contributed by atoms with van der Waals surface area (Å²) in [6.45, 7) is 0.703. The van der Waals surface area contributed by atoms with Crippen molar-refractivity contribution in [1.82, 2.24) is 0 Å². The largest absolute Gasteiger partial charge is 0.490 e. The van der Waals surface area contributed by atoms with Gasteiger partial charge in [-0.3, -0.25) is 4.79 Å². The van der Waals surface area contributed by atoms with Gasteiger partial charge in [0.25, 0.3) is 5.91 Å². The molecular weight excluding hydrogens is 387 g/mol. The van der Waals surface area contributed by atoms with Gasteiger partial charge in [-0.1, -0.05) is 0 Å². The highest BCUT2D eigenvalue weighted by Crippen LogP contribution is 2.34. The van der Waals surface area contributed by atoms with Crippen LogP contribution in [0.5, 0.6) is 5.75 Å². The molecule has 0 bridgehead atoms. The van der Waals surface area contributed by atoms with Crippen molar-refractivity contribution >= 4 is 11.6 Å². The van der Waals surface area contributed by atoms with Gasteiger partial charge in [0.1, 0.15) is 12.4 Å². The van der Waals surface area contributed by atoms with Crippen molar-refractivity contribution in [3.05, 3.63) is 59.2 Å². The number of aliphatic hydroxyl groups is 1. The third-order valence-corrected chi connectivity index (χ3v) is 4.08. The Kier molecular flexibility index (Phi) is 6.15. The van der Waals surface area contributed by atoms with E-state index >= 15 is 0 Å². The summed E-state index contributed by atoms with van der Waals surface area (Å²) in [5.41, 5.74) is -3.53. The minimum Gasteiger partial charge on any atom is -0.490 e. The molecule has 0 fully saturated rings. The lowest BCUT2D eigenvalue weighted by Crippen LogP contribution is -2.49. The van der Waals surface area contributed by atoms with Crippen molar-refractivity contribution in [2.45, 2.75) is 18.7 Å². The molecule has 9 heteroatoms. The molecule has 0 unspecified atom stereocenters. The third kappa shape index (κ3) is 5.03. The Morgan fingerprint density at radius 3 is 2.28 bits per heavy atom. The molecule has 0 spiro atoms. The predicted molar refractivity (Wildman–Crippen MR) is 96.8 cm³/mol. The number of anilines is 1. The second-order valence-corrected chi connectivity index (χ2v) is 6.40. The van der Waals surface area contributed by atoms with E-state index in [0.29, 0.717) is 17.4 Å². The number of nitriles is 2. The average Bonchev–Trinajstić information content (AvgIpc) is 2.70. The highest BCUT2D eigenvalue weighted by Gasteiger charge is 2.37. The van der Waals surface area contributed by atoms with Crippen LogP contribution in [0.4, 0.5) is 18.9 Å². The number of rotatable bonds is 5. The van der Waals surface area contributed by atoms with Gasteiger partial charge in [-0.15, -0.1) is 0 Å². The van der Waals surface area contributed by atoms with E-state index in [-0.39, 0.29) is 5.69 Å². The van der Waals surface area contributed by atoms with Crippen LogP contribution in [0.15, 0.2) is 42.5 Å². The van der Waals surface area contributed by atoms with E-state index in [1.165, 1.54) is 50.4 Å². The number of hydrogen-bond acceptors (Lipinski definition) is 5. The second-order valence-electron chi connectivity index (χ2n) is 6.40. The number of alkyl halides is 3. The molecule has 29 heavy (non-hydrogen) atoms. The SMILES string of the molecule is CN(C(=O)[C@@](C)(O)COc1ccc(C#N)cc1)c1ccc(C#N)c(C(F)(F)F)c1. The normalized spacial score (nSPS) is 13.0. The minimum absolute atomic E-state index is 0.139. The van der Waals surface area contributed by atoms with E-state index in [4.69, 9.17) is 15.3 Å². The zero-order valence-electron chi connectivity index (χ0n) is 15.5. The van der Waals surface area contributed by atoms with Crippen LogP contribution >= 0.6 is 0 Å². The summed E-state index contributed by atoms with van der Waals surface area (Å²) in [4.78, 5) is 13.5. The summed E-state index contributed by atoms with van der Waals surface area (Å²) in [6, 6.07) is 12.2. The number of nitrogens with zero attached hydrogens (tertiary/aromatic N) is 3. The maximum Gasteiger partial charge on any atom is 0.417 e. The lowest BCUT2D eigenvalue weighted by Gasteiger charge is -2.28. The van der Waals surface area contributed by atoms with E-state index in [2.05, 4.69) is 0 Å². The van der Waals surface area contributed by atoms with Crippen LogP contribution in [0, 0.1) is 22.7 Å². The first-order valence-corrected chi connectivity index (χ1v) is 8.24. The smallest absolute Gasteiger partial charge is 0.417 e. The van der Waals surface area contributed by atoms with Crippen molar-refractivity contribution in [3.63, 3.8) is 0 Å².